The maximum absolute atomic E-state index is 6.92. The molecule has 6 unspecified atom stereocenters. The molecular formula is C63H51N3OS. The number of nitrogens with zero attached hydrogens (tertiary/aromatic N) is 2. The summed E-state index contributed by atoms with van der Waals surface area (Å²) in [5, 5.41) is 9.62. The van der Waals surface area contributed by atoms with Crippen LogP contribution in [0.25, 0.3) is 55.0 Å². The van der Waals surface area contributed by atoms with Gasteiger partial charge >= 0.3 is 0 Å². The van der Waals surface area contributed by atoms with Gasteiger partial charge in [-0.1, -0.05) is 165 Å². The smallest absolute Gasteiger partial charge is 0.136 e. The van der Waals surface area contributed by atoms with Gasteiger partial charge < -0.3 is 14.6 Å². The highest BCUT2D eigenvalue weighted by atomic mass is 32.2. The van der Waals surface area contributed by atoms with E-state index in [1.807, 2.05) is 11.8 Å². The third-order valence-corrected chi connectivity index (χ3v) is 17.2. The van der Waals surface area contributed by atoms with E-state index < -0.39 is 0 Å². The van der Waals surface area contributed by atoms with Crippen molar-refractivity contribution in [3.63, 3.8) is 0 Å². The van der Waals surface area contributed by atoms with Crippen molar-refractivity contribution in [2.75, 3.05) is 11.4 Å². The molecule has 9 aromatic rings. The summed E-state index contributed by atoms with van der Waals surface area (Å²) < 4.78 is 6.92. The number of fused-ring (bicyclic) bond motifs is 13. The Bertz CT molecular complexity index is 3600. The van der Waals surface area contributed by atoms with Crippen LogP contribution in [0.1, 0.15) is 71.0 Å². The Hall–Kier alpha value is -7.08. The van der Waals surface area contributed by atoms with E-state index in [4.69, 9.17) is 9.41 Å². The summed E-state index contributed by atoms with van der Waals surface area (Å²) in [6.07, 6.45) is 11.1. The zero-order valence-electron chi connectivity index (χ0n) is 38.1. The number of aliphatic imine (C=N–C) groups is 1. The lowest BCUT2D eigenvalue weighted by Crippen LogP contribution is -2.42. The van der Waals surface area contributed by atoms with Crippen LogP contribution in [0.2, 0.25) is 0 Å². The SMILES string of the molecule is CC1CCC(N2CCc3ccccc3-c3ccccc32)N=C(C2=CC3c4ccccc4SC3C=C2)NC1c1cc(C2Cc3cc4ccccc4cc3-c3ccccc32)c2c(c1)oc1ccccc12. The number of thioether (sulfide) groups is 1. The number of amidine groups is 1. The molecule has 0 saturated carbocycles. The number of nitrogens with one attached hydrogen (secondary N) is 1. The van der Waals surface area contributed by atoms with Gasteiger partial charge in [0.2, 0.25) is 0 Å². The highest BCUT2D eigenvalue weighted by molar-refractivity contribution is 8.00. The van der Waals surface area contributed by atoms with Gasteiger partial charge in [0, 0.05) is 56.1 Å². The van der Waals surface area contributed by atoms with Gasteiger partial charge in [0.05, 0.1) is 6.04 Å². The molecule has 5 aliphatic rings. The van der Waals surface area contributed by atoms with Crippen LogP contribution in [-0.2, 0) is 12.8 Å². The van der Waals surface area contributed by atoms with Crippen molar-refractivity contribution >= 4 is 56.0 Å². The van der Waals surface area contributed by atoms with Gasteiger partial charge in [0.1, 0.15) is 23.2 Å². The first-order chi connectivity index (χ1) is 33.6. The summed E-state index contributed by atoms with van der Waals surface area (Å²) >= 11 is 1.98. The maximum Gasteiger partial charge on any atom is 0.136 e. The molecule has 4 nitrogen and oxygen atoms in total. The van der Waals surface area contributed by atoms with E-state index in [9.17, 15) is 0 Å². The average Bonchev–Trinajstić information content (AvgIpc) is 3.90. The Morgan fingerprint density at radius 3 is 2.31 bits per heavy atom. The summed E-state index contributed by atoms with van der Waals surface area (Å²) in [4.78, 5) is 9.93. The third kappa shape index (κ3) is 6.53. The molecule has 0 radical (unpaired) electrons. The minimum atomic E-state index is -0.0445. The van der Waals surface area contributed by atoms with Crippen molar-refractivity contribution in [3.05, 3.63) is 227 Å². The van der Waals surface area contributed by atoms with Gasteiger partial charge in [-0.15, -0.1) is 11.8 Å². The van der Waals surface area contributed by atoms with Crippen molar-refractivity contribution in [2.24, 2.45) is 10.9 Å². The minimum absolute atomic E-state index is 0.0148. The number of rotatable bonds is 4. The first kappa shape index (κ1) is 40.0. The first-order valence-corrected chi connectivity index (χ1v) is 25.5. The zero-order chi connectivity index (χ0) is 44.9. The zero-order valence-corrected chi connectivity index (χ0v) is 38.9. The monoisotopic (exact) mass is 897 g/mol. The first-order valence-electron chi connectivity index (χ1n) is 24.6. The summed E-state index contributed by atoms with van der Waals surface area (Å²) in [6, 6.07) is 63.3. The number of furan rings is 1. The molecular weight excluding hydrogens is 847 g/mol. The summed E-state index contributed by atoms with van der Waals surface area (Å²) in [6.45, 7) is 3.36. The molecule has 0 spiro atoms. The van der Waals surface area contributed by atoms with Crippen LogP contribution in [0.5, 0.6) is 0 Å². The third-order valence-electron chi connectivity index (χ3n) is 15.8. The molecule has 8 aromatic carbocycles. The fourth-order valence-corrected chi connectivity index (χ4v) is 13.8. The quantitative estimate of drug-likeness (QED) is 0.191. The van der Waals surface area contributed by atoms with Crippen molar-refractivity contribution in [1.29, 1.82) is 0 Å². The van der Waals surface area contributed by atoms with Gasteiger partial charge in [0.25, 0.3) is 0 Å². The fourth-order valence-electron chi connectivity index (χ4n) is 12.5. The molecule has 2 aliphatic carbocycles. The van der Waals surface area contributed by atoms with E-state index in [1.54, 1.807) is 0 Å². The number of hydrogen-bond acceptors (Lipinski definition) is 5. The number of anilines is 1. The molecule has 0 saturated heterocycles. The second kappa shape index (κ2) is 16.0. The normalized spacial score (nSPS) is 22.6. The molecule has 3 aliphatic heterocycles. The van der Waals surface area contributed by atoms with Gasteiger partial charge in [-0.05, 0) is 123 Å². The van der Waals surface area contributed by atoms with Crippen LogP contribution in [0.3, 0.4) is 0 Å². The molecule has 0 fully saturated rings. The minimum Gasteiger partial charge on any atom is -0.456 e. The van der Waals surface area contributed by atoms with Crippen molar-refractivity contribution in [3.8, 4) is 22.3 Å². The van der Waals surface area contributed by atoms with Gasteiger partial charge in [-0.3, -0.25) is 0 Å². The lowest BCUT2D eigenvalue weighted by Gasteiger charge is -2.37. The average molecular weight is 898 g/mol. The lowest BCUT2D eigenvalue weighted by atomic mass is 9.73. The van der Waals surface area contributed by atoms with Crippen LogP contribution in [0.15, 0.2) is 208 Å². The Labute approximate surface area is 402 Å². The second-order valence-electron chi connectivity index (χ2n) is 19.7. The molecule has 14 rings (SSSR count). The van der Waals surface area contributed by atoms with E-state index in [0.29, 0.717) is 11.2 Å². The van der Waals surface area contributed by atoms with Crippen molar-refractivity contribution in [1.82, 2.24) is 5.32 Å². The second-order valence-corrected chi connectivity index (χ2v) is 20.9. The standard InChI is InChI=1S/C63H51N3OS/c1-38-26-29-60(66-31-30-39-14-4-5-17-45(39)48-20-8-11-23-55(48)66)64-63(42-27-28-59-53(34-42)49-21-10-13-25-58(49)68-59)65-62(38)44-36-54(61-50-22-9-12-24-56(50)67-57(61)37-44)52-35-43-32-40-15-2-3-16-41(40)33-51(43)46-18-6-7-19-47(46)52/h2-25,27-28,32-34,36-38,52-53,59-60,62H,26,29-31,35H2,1H3,(H,64,65). The molecule has 68 heavy (non-hydrogen) atoms. The van der Waals surface area contributed by atoms with Crippen LogP contribution >= 0.6 is 11.8 Å². The Kier molecular flexibility index (Phi) is 9.44. The topological polar surface area (TPSA) is 40.8 Å². The van der Waals surface area contributed by atoms with Gasteiger partial charge in [-0.25, -0.2) is 4.99 Å². The van der Waals surface area contributed by atoms with E-state index in [0.717, 1.165) is 49.2 Å². The Morgan fingerprint density at radius 2 is 1.40 bits per heavy atom. The fraction of sp³-hybridized carbons (Fsp3) is 0.190. The number of para-hydroxylation sites is 2. The molecule has 6 atom stereocenters. The predicted octanol–water partition coefficient (Wildman–Crippen LogP) is 15.4. The van der Waals surface area contributed by atoms with E-state index in [-0.39, 0.29) is 24.0 Å². The molecule has 1 N–H and O–H groups in total. The Morgan fingerprint density at radius 1 is 0.647 bits per heavy atom. The Balaban J connectivity index is 0.925. The van der Waals surface area contributed by atoms with Gasteiger partial charge in [-0.2, -0.15) is 0 Å². The summed E-state index contributed by atoms with van der Waals surface area (Å²) in [5.74, 6) is 1.69. The van der Waals surface area contributed by atoms with E-state index in [1.165, 1.54) is 93.3 Å². The molecule has 330 valence electrons. The number of allylic oxidation sites excluding steroid dienone is 1. The predicted molar refractivity (Wildman–Crippen MR) is 283 cm³/mol. The lowest BCUT2D eigenvalue weighted by molar-refractivity contribution is 0.365. The highest BCUT2D eigenvalue weighted by Gasteiger charge is 2.37. The van der Waals surface area contributed by atoms with Crippen molar-refractivity contribution < 1.29 is 4.42 Å². The molecule has 5 heteroatoms. The largest absolute Gasteiger partial charge is 0.456 e. The molecule has 0 amide bonds. The van der Waals surface area contributed by atoms with Crippen LogP contribution in [0.4, 0.5) is 5.69 Å². The molecule has 0 bridgehead atoms. The van der Waals surface area contributed by atoms with E-state index >= 15 is 0 Å². The van der Waals surface area contributed by atoms with E-state index in [2.05, 4.69) is 205 Å². The van der Waals surface area contributed by atoms with Crippen LogP contribution in [0, 0.1) is 5.92 Å². The highest BCUT2D eigenvalue weighted by Crippen LogP contribution is 2.51. The number of benzene rings is 8. The molecule has 4 heterocycles. The van der Waals surface area contributed by atoms with Crippen molar-refractivity contribution in [2.45, 2.75) is 66.8 Å². The summed E-state index contributed by atoms with van der Waals surface area (Å²) in [7, 11) is 0. The van der Waals surface area contributed by atoms with Crippen LogP contribution in [-0.4, -0.2) is 23.8 Å². The molecule has 1 aromatic heterocycles. The maximum atomic E-state index is 6.92. The van der Waals surface area contributed by atoms with Crippen LogP contribution < -0.4 is 10.2 Å². The van der Waals surface area contributed by atoms with Gasteiger partial charge in [0.15, 0.2) is 0 Å². The number of hydrogen-bond donors (Lipinski definition) is 1. The summed E-state index contributed by atoms with van der Waals surface area (Å²) in [5.41, 5.74) is 17.8.